The molecule has 1 atom stereocenters. The van der Waals surface area contributed by atoms with E-state index in [9.17, 15) is 14.7 Å². The molecule has 0 aromatic carbocycles. The van der Waals surface area contributed by atoms with E-state index in [1.165, 1.54) is 17.9 Å². The molecule has 2 rings (SSSR count). The van der Waals surface area contributed by atoms with E-state index < -0.39 is 5.97 Å². The van der Waals surface area contributed by atoms with Gasteiger partial charge in [0.1, 0.15) is 5.69 Å². The highest BCUT2D eigenvalue weighted by Gasteiger charge is 2.18. The maximum atomic E-state index is 11.4. The molecule has 4 nitrogen and oxygen atoms in total. The van der Waals surface area contributed by atoms with Crippen LogP contribution in [0.5, 0.6) is 0 Å². The van der Waals surface area contributed by atoms with Gasteiger partial charge in [0.2, 0.25) is 0 Å². The molecule has 19 heavy (non-hydrogen) atoms. The summed E-state index contributed by atoms with van der Waals surface area (Å²) in [6, 6.07) is 5.44. The van der Waals surface area contributed by atoms with Gasteiger partial charge in [-0.2, -0.15) is 0 Å². The second kappa shape index (κ2) is 5.40. The first kappa shape index (κ1) is 13.5. The first-order valence-corrected chi connectivity index (χ1v) is 6.85. The molecule has 2 heterocycles. The lowest BCUT2D eigenvalue weighted by Crippen LogP contribution is -2.13. The molecule has 0 bridgehead atoms. The van der Waals surface area contributed by atoms with Gasteiger partial charge in [-0.25, -0.2) is 4.79 Å². The normalized spacial score (nSPS) is 12.3. The summed E-state index contributed by atoms with van der Waals surface area (Å²) in [6.07, 6.45) is 2.38. The van der Waals surface area contributed by atoms with Gasteiger partial charge >= 0.3 is 5.97 Å². The van der Waals surface area contributed by atoms with Crippen molar-refractivity contribution in [1.82, 2.24) is 4.57 Å². The first-order chi connectivity index (χ1) is 8.99. The summed E-state index contributed by atoms with van der Waals surface area (Å²) in [6.45, 7) is 3.39. The lowest BCUT2D eigenvalue weighted by Gasteiger charge is -2.14. The number of Topliss-reactive ketones (excluding diaryl/α,β-unsaturated/α-hetero) is 1. The number of hydrogen-bond donors (Lipinski definition) is 1. The Morgan fingerprint density at radius 1 is 1.47 bits per heavy atom. The molecule has 2 aromatic heterocycles. The van der Waals surface area contributed by atoms with E-state index in [4.69, 9.17) is 0 Å². The zero-order valence-electron chi connectivity index (χ0n) is 10.8. The molecule has 2 aromatic rings. The fraction of sp³-hybridized carbons (Fsp3) is 0.286. The lowest BCUT2D eigenvalue weighted by molar-refractivity contribution is 0.0683. The van der Waals surface area contributed by atoms with Crippen LogP contribution >= 0.6 is 11.3 Å². The Balaban J connectivity index is 2.31. The van der Waals surface area contributed by atoms with E-state index in [1.807, 2.05) is 24.4 Å². The van der Waals surface area contributed by atoms with Gasteiger partial charge in [-0.1, -0.05) is 6.07 Å². The van der Waals surface area contributed by atoms with Crippen molar-refractivity contribution < 1.29 is 14.7 Å². The minimum atomic E-state index is -1.01. The van der Waals surface area contributed by atoms with E-state index in [-0.39, 0.29) is 17.5 Å². The van der Waals surface area contributed by atoms with Crippen molar-refractivity contribution in [3.63, 3.8) is 0 Å². The second-order valence-electron chi connectivity index (χ2n) is 4.52. The van der Waals surface area contributed by atoms with Crippen LogP contribution in [0.3, 0.4) is 0 Å². The lowest BCUT2D eigenvalue weighted by atomic mass is 10.2. The zero-order valence-corrected chi connectivity index (χ0v) is 11.6. The van der Waals surface area contributed by atoms with Crippen LogP contribution in [0.25, 0.3) is 0 Å². The Labute approximate surface area is 115 Å². The molecule has 1 unspecified atom stereocenters. The predicted molar refractivity (Wildman–Crippen MR) is 74.1 cm³/mol. The van der Waals surface area contributed by atoms with Gasteiger partial charge in [-0.3, -0.25) is 4.79 Å². The van der Waals surface area contributed by atoms with Crippen molar-refractivity contribution in [3.8, 4) is 0 Å². The number of carbonyl (C=O) groups is 2. The minimum Gasteiger partial charge on any atom is -0.477 e. The number of hydrogen-bond acceptors (Lipinski definition) is 3. The summed E-state index contributed by atoms with van der Waals surface area (Å²) in [5.74, 6) is -1.13. The highest BCUT2D eigenvalue weighted by atomic mass is 32.1. The Morgan fingerprint density at radius 2 is 2.21 bits per heavy atom. The Bertz CT molecular complexity index is 598. The highest BCUT2D eigenvalue weighted by Crippen LogP contribution is 2.22. The van der Waals surface area contributed by atoms with E-state index >= 15 is 0 Å². The quantitative estimate of drug-likeness (QED) is 0.853. The van der Waals surface area contributed by atoms with E-state index in [1.54, 1.807) is 22.1 Å². The molecule has 100 valence electrons. The van der Waals surface area contributed by atoms with E-state index in [0.717, 1.165) is 6.42 Å². The number of thiophene rings is 1. The second-order valence-corrected chi connectivity index (χ2v) is 5.55. The van der Waals surface area contributed by atoms with E-state index in [0.29, 0.717) is 5.56 Å². The largest absolute Gasteiger partial charge is 0.477 e. The Kier molecular flexibility index (Phi) is 3.85. The highest BCUT2D eigenvalue weighted by molar-refractivity contribution is 7.09. The summed E-state index contributed by atoms with van der Waals surface area (Å²) in [5.41, 5.74) is 0.602. The molecular formula is C14H15NO3S. The Hall–Kier alpha value is -1.88. The smallest absolute Gasteiger partial charge is 0.352 e. The average molecular weight is 277 g/mol. The maximum absolute atomic E-state index is 11.4. The van der Waals surface area contributed by atoms with Gasteiger partial charge in [0, 0.05) is 29.1 Å². The third-order valence-electron chi connectivity index (χ3n) is 3.03. The van der Waals surface area contributed by atoms with Crippen LogP contribution in [0.15, 0.2) is 29.8 Å². The van der Waals surface area contributed by atoms with Gasteiger partial charge in [0.05, 0.1) is 0 Å². The molecular weight excluding hydrogens is 262 g/mol. The van der Waals surface area contributed by atoms with Crippen molar-refractivity contribution in [2.45, 2.75) is 26.3 Å². The van der Waals surface area contributed by atoms with Crippen molar-refractivity contribution in [3.05, 3.63) is 45.9 Å². The van der Waals surface area contributed by atoms with Crippen molar-refractivity contribution >= 4 is 23.1 Å². The summed E-state index contributed by atoms with van der Waals surface area (Å²) in [7, 11) is 0. The Morgan fingerprint density at radius 3 is 2.74 bits per heavy atom. The standard InChI is InChI=1S/C14H15NO3S/c1-9(6-12-4-3-5-19-12)15-8-11(10(2)16)7-13(15)14(17)18/h3-5,7-9H,6H2,1-2H3,(H,17,18). The fourth-order valence-corrected chi connectivity index (χ4v) is 2.85. The van der Waals surface area contributed by atoms with Gasteiger partial charge in [-0.05, 0) is 31.4 Å². The van der Waals surface area contributed by atoms with Crippen LogP contribution in [0.4, 0.5) is 0 Å². The molecule has 5 heteroatoms. The van der Waals surface area contributed by atoms with Crippen LogP contribution in [0.1, 0.15) is 45.6 Å². The number of rotatable bonds is 5. The maximum Gasteiger partial charge on any atom is 0.352 e. The number of carbonyl (C=O) groups excluding carboxylic acids is 1. The van der Waals surface area contributed by atoms with Gasteiger partial charge in [-0.15, -0.1) is 11.3 Å². The third kappa shape index (κ3) is 2.93. The third-order valence-corrected chi connectivity index (χ3v) is 3.92. The minimum absolute atomic E-state index is 0.00199. The summed E-state index contributed by atoms with van der Waals surface area (Å²) in [5, 5.41) is 11.2. The van der Waals surface area contributed by atoms with Crippen LogP contribution in [-0.4, -0.2) is 21.4 Å². The fourth-order valence-electron chi connectivity index (χ4n) is 2.03. The number of ketones is 1. The summed E-state index contributed by atoms with van der Waals surface area (Å²) < 4.78 is 1.67. The summed E-state index contributed by atoms with van der Waals surface area (Å²) in [4.78, 5) is 23.8. The zero-order chi connectivity index (χ0) is 14.0. The van der Waals surface area contributed by atoms with Gasteiger partial charge in [0.15, 0.2) is 5.78 Å². The molecule has 0 radical (unpaired) electrons. The molecule has 1 N–H and O–H groups in total. The van der Waals surface area contributed by atoms with Crippen molar-refractivity contribution in [1.29, 1.82) is 0 Å². The van der Waals surface area contributed by atoms with Gasteiger partial charge in [0.25, 0.3) is 0 Å². The molecule has 0 aliphatic rings. The molecule has 0 aliphatic heterocycles. The molecule has 0 spiro atoms. The molecule has 0 fully saturated rings. The first-order valence-electron chi connectivity index (χ1n) is 5.97. The number of nitrogens with zero attached hydrogens (tertiary/aromatic N) is 1. The molecule has 0 saturated heterocycles. The number of carboxylic acids is 1. The summed E-state index contributed by atoms with van der Waals surface area (Å²) >= 11 is 1.65. The number of aromatic nitrogens is 1. The van der Waals surface area contributed by atoms with Crippen LogP contribution in [-0.2, 0) is 6.42 Å². The molecule has 0 saturated carbocycles. The number of carboxylic acid groups (broad SMARTS) is 1. The topological polar surface area (TPSA) is 59.3 Å². The van der Waals surface area contributed by atoms with Crippen molar-refractivity contribution in [2.24, 2.45) is 0 Å². The SMILES string of the molecule is CC(=O)c1cc(C(=O)O)n(C(C)Cc2cccs2)c1. The van der Waals surface area contributed by atoms with Crippen LogP contribution in [0, 0.1) is 0 Å². The average Bonchev–Trinajstić information content (AvgIpc) is 2.96. The van der Waals surface area contributed by atoms with Gasteiger partial charge < -0.3 is 9.67 Å². The van der Waals surface area contributed by atoms with E-state index in [2.05, 4.69) is 0 Å². The van der Waals surface area contributed by atoms with Crippen LogP contribution < -0.4 is 0 Å². The van der Waals surface area contributed by atoms with Crippen LogP contribution in [0.2, 0.25) is 0 Å². The number of aromatic carboxylic acids is 1. The monoisotopic (exact) mass is 277 g/mol. The molecule has 0 aliphatic carbocycles. The van der Waals surface area contributed by atoms with Crippen molar-refractivity contribution in [2.75, 3.05) is 0 Å². The predicted octanol–water partition coefficient (Wildman–Crippen LogP) is 3.25. The molecule has 0 amide bonds.